The molecule has 0 bridgehead atoms. The number of halogens is 1. The predicted octanol–water partition coefficient (Wildman–Crippen LogP) is 3.28. The summed E-state index contributed by atoms with van der Waals surface area (Å²) in [5, 5.41) is 8.42. The molecule has 20 heavy (non-hydrogen) atoms. The number of nitrogens with one attached hydrogen (secondary N) is 1. The van der Waals surface area contributed by atoms with Crippen LogP contribution in [0, 0.1) is 19.8 Å². The van der Waals surface area contributed by atoms with Gasteiger partial charge in [-0.3, -0.25) is 0 Å². The van der Waals surface area contributed by atoms with E-state index in [9.17, 15) is 0 Å². The van der Waals surface area contributed by atoms with Gasteiger partial charge in [0.1, 0.15) is 0 Å². The van der Waals surface area contributed by atoms with Crippen LogP contribution >= 0.6 is 11.6 Å². The van der Waals surface area contributed by atoms with Gasteiger partial charge in [-0.05, 0) is 44.0 Å². The predicted molar refractivity (Wildman–Crippen MR) is 82.4 cm³/mol. The van der Waals surface area contributed by atoms with Gasteiger partial charge >= 0.3 is 0 Å². The first-order valence-electron chi connectivity index (χ1n) is 6.86. The van der Waals surface area contributed by atoms with Crippen molar-refractivity contribution in [2.24, 2.45) is 5.92 Å². The monoisotopic (exact) mass is 292 g/mol. The Labute approximate surface area is 125 Å². The Morgan fingerprint density at radius 2 is 2.05 bits per heavy atom. The molecule has 1 N–H and O–H groups in total. The molecule has 0 saturated heterocycles. The van der Waals surface area contributed by atoms with E-state index >= 15 is 0 Å². The Kier molecular flexibility index (Phi) is 4.78. The van der Waals surface area contributed by atoms with E-state index in [1.165, 1.54) is 0 Å². The summed E-state index contributed by atoms with van der Waals surface area (Å²) in [4.78, 5) is 4.45. The van der Waals surface area contributed by atoms with Crippen molar-refractivity contribution >= 4 is 11.6 Å². The number of hydrogen-bond donors (Lipinski definition) is 1. The SMILES string of the molecule is Cc1cc(C)n(-c2ncc(CNCC(C)C)cc2Cl)n1. The number of nitrogens with zero attached hydrogens (tertiary/aromatic N) is 3. The van der Waals surface area contributed by atoms with Gasteiger partial charge in [0.05, 0.1) is 10.7 Å². The van der Waals surface area contributed by atoms with Gasteiger partial charge in [-0.15, -0.1) is 0 Å². The van der Waals surface area contributed by atoms with Crippen molar-refractivity contribution in [1.82, 2.24) is 20.1 Å². The van der Waals surface area contributed by atoms with Crippen LogP contribution in [0.25, 0.3) is 5.82 Å². The fraction of sp³-hybridized carbons (Fsp3) is 0.467. The average Bonchev–Trinajstić information content (AvgIpc) is 2.68. The Balaban J connectivity index is 2.16. The maximum atomic E-state index is 6.34. The Morgan fingerprint density at radius 3 is 2.60 bits per heavy atom. The molecule has 2 aromatic heterocycles. The van der Waals surface area contributed by atoms with Gasteiger partial charge in [0, 0.05) is 18.4 Å². The molecule has 2 rings (SSSR count). The summed E-state index contributed by atoms with van der Waals surface area (Å²) < 4.78 is 1.78. The van der Waals surface area contributed by atoms with E-state index in [-0.39, 0.29) is 0 Å². The van der Waals surface area contributed by atoms with Gasteiger partial charge in [0.15, 0.2) is 5.82 Å². The van der Waals surface area contributed by atoms with Crippen molar-refractivity contribution in [2.75, 3.05) is 6.54 Å². The third kappa shape index (κ3) is 3.58. The van der Waals surface area contributed by atoms with Crippen LogP contribution < -0.4 is 5.32 Å². The van der Waals surface area contributed by atoms with Gasteiger partial charge in [0.2, 0.25) is 0 Å². The zero-order valence-electron chi connectivity index (χ0n) is 12.4. The first kappa shape index (κ1) is 15.0. The molecule has 0 aliphatic rings. The second-order valence-corrected chi connectivity index (χ2v) is 5.92. The Bertz CT molecular complexity index is 590. The van der Waals surface area contributed by atoms with Crippen LogP contribution in [0.3, 0.4) is 0 Å². The summed E-state index contributed by atoms with van der Waals surface area (Å²) in [5.74, 6) is 1.32. The largest absolute Gasteiger partial charge is 0.312 e. The van der Waals surface area contributed by atoms with E-state index in [2.05, 4.69) is 29.2 Å². The molecule has 0 amide bonds. The number of rotatable bonds is 5. The molecule has 0 unspecified atom stereocenters. The summed E-state index contributed by atoms with van der Waals surface area (Å²) in [6.07, 6.45) is 1.85. The normalized spacial score (nSPS) is 11.3. The number of aromatic nitrogens is 3. The number of hydrogen-bond acceptors (Lipinski definition) is 3. The molecular weight excluding hydrogens is 272 g/mol. The van der Waals surface area contributed by atoms with E-state index < -0.39 is 0 Å². The van der Waals surface area contributed by atoms with Gasteiger partial charge < -0.3 is 5.32 Å². The van der Waals surface area contributed by atoms with Crippen molar-refractivity contribution in [3.63, 3.8) is 0 Å². The molecule has 0 aromatic carbocycles. The summed E-state index contributed by atoms with van der Waals surface area (Å²) in [7, 11) is 0. The van der Waals surface area contributed by atoms with Crippen LogP contribution in [-0.2, 0) is 6.54 Å². The number of pyridine rings is 1. The maximum Gasteiger partial charge on any atom is 0.172 e. The molecule has 0 aliphatic heterocycles. The zero-order chi connectivity index (χ0) is 14.7. The lowest BCUT2D eigenvalue weighted by Crippen LogP contribution is -2.19. The highest BCUT2D eigenvalue weighted by atomic mass is 35.5. The quantitative estimate of drug-likeness (QED) is 0.919. The minimum absolute atomic E-state index is 0.625. The molecule has 5 heteroatoms. The van der Waals surface area contributed by atoms with Crippen molar-refractivity contribution in [3.8, 4) is 5.82 Å². The summed E-state index contributed by atoms with van der Waals surface area (Å²) in [5.41, 5.74) is 3.08. The topological polar surface area (TPSA) is 42.7 Å². The van der Waals surface area contributed by atoms with E-state index in [1.807, 2.05) is 32.2 Å². The molecule has 0 spiro atoms. The van der Waals surface area contributed by atoms with Crippen LogP contribution in [0.5, 0.6) is 0 Å². The zero-order valence-corrected chi connectivity index (χ0v) is 13.2. The molecule has 4 nitrogen and oxygen atoms in total. The minimum Gasteiger partial charge on any atom is -0.312 e. The van der Waals surface area contributed by atoms with Gasteiger partial charge in [-0.25, -0.2) is 9.67 Å². The van der Waals surface area contributed by atoms with Crippen molar-refractivity contribution in [2.45, 2.75) is 34.2 Å². The van der Waals surface area contributed by atoms with Gasteiger partial charge in [-0.1, -0.05) is 25.4 Å². The molecule has 2 aromatic rings. The number of aryl methyl sites for hydroxylation is 2. The van der Waals surface area contributed by atoms with E-state index in [1.54, 1.807) is 4.68 Å². The highest BCUT2D eigenvalue weighted by molar-refractivity contribution is 6.32. The fourth-order valence-electron chi connectivity index (χ4n) is 2.07. The third-order valence-corrected chi connectivity index (χ3v) is 3.25. The Morgan fingerprint density at radius 1 is 1.30 bits per heavy atom. The van der Waals surface area contributed by atoms with Crippen molar-refractivity contribution in [1.29, 1.82) is 0 Å². The second kappa shape index (κ2) is 6.37. The summed E-state index contributed by atoms with van der Waals surface area (Å²) in [6.45, 7) is 10.1. The first-order chi connectivity index (χ1) is 9.47. The van der Waals surface area contributed by atoms with E-state index in [0.717, 1.165) is 30.0 Å². The molecule has 0 saturated carbocycles. The summed E-state index contributed by atoms with van der Waals surface area (Å²) in [6, 6.07) is 3.96. The van der Waals surface area contributed by atoms with Gasteiger partial charge in [0.25, 0.3) is 0 Å². The first-order valence-corrected chi connectivity index (χ1v) is 7.24. The highest BCUT2D eigenvalue weighted by Gasteiger charge is 2.10. The Hall–Kier alpha value is -1.39. The summed E-state index contributed by atoms with van der Waals surface area (Å²) >= 11 is 6.34. The van der Waals surface area contributed by atoms with Crippen LogP contribution in [0.2, 0.25) is 5.02 Å². The lowest BCUT2D eigenvalue weighted by atomic mass is 10.2. The highest BCUT2D eigenvalue weighted by Crippen LogP contribution is 2.20. The smallest absolute Gasteiger partial charge is 0.172 e. The molecule has 0 radical (unpaired) electrons. The molecular formula is C15H21ClN4. The van der Waals surface area contributed by atoms with Crippen LogP contribution in [0.1, 0.15) is 30.8 Å². The minimum atomic E-state index is 0.625. The fourth-order valence-corrected chi connectivity index (χ4v) is 2.34. The standard InChI is InChI=1S/C15H21ClN4/c1-10(2)7-17-8-13-6-14(16)15(18-9-13)20-12(4)5-11(3)19-20/h5-6,9-10,17H,7-8H2,1-4H3. The lowest BCUT2D eigenvalue weighted by Gasteiger charge is -2.10. The van der Waals surface area contributed by atoms with Crippen molar-refractivity contribution < 1.29 is 0 Å². The van der Waals surface area contributed by atoms with Crippen LogP contribution in [0.15, 0.2) is 18.3 Å². The maximum absolute atomic E-state index is 6.34. The molecule has 0 aliphatic carbocycles. The van der Waals surface area contributed by atoms with Gasteiger partial charge in [-0.2, -0.15) is 5.10 Å². The van der Waals surface area contributed by atoms with E-state index in [4.69, 9.17) is 11.6 Å². The second-order valence-electron chi connectivity index (χ2n) is 5.51. The van der Waals surface area contributed by atoms with Crippen LogP contribution in [0.4, 0.5) is 0 Å². The van der Waals surface area contributed by atoms with Crippen molar-refractivity contribution in [3.05, 3.63) is 40.3 Å². The van der Waals surface area contributed by atoms with E-state index in [0.29, 0.717) is 16.8 Å². The molecule has 0 fully saturated rings. The van der Waals surface area contributed by atoms with Crippen LogP contribution in [-0.4, -0.2) is 21.3 Å². The molecule has 2 heterocycles. The lowest BCUT2D eigenvalue weighted by molar-refractivity contribution is 0.552. The average molecular weight is 293 g/mol. The third-order valence-electron chi connectivity index (χ3n) is 2.97. The molecule has 0 atom stereocenters. The molecule has 108 valence electrons.